The molecule has 554 valence electrons. The van der Waals surface area contributed by atoms with Crippen LogP contribution in [0.4, 0.5) is 0 Å². The maximum Gasteiger partial charge on any atom is 1.00 e. The molecule has 0 bridgehead atoms. The molecule has 2 saturated heterocycles. The number of carbonyl (C=O) groups is 10. The van der Waals surface area contributed by atoms with Crippen molar-refractivity contribution in [1.29, 1.82) is 0 Å². The Morgan fingerprint density at radius 1 is 0.505 bits per heavy atom. The molecule has 0 aromatic heterocycles. The predicted octanol–water partition coefficient (Wildman–Crippen LogP) is -2.66. The predicted molar refractivity (Wildman–Crippen MR) is 383 cm³/mol. The molecule has 29 nitrogen and oxygen atoms in total. The molecule has 4 fully saturated rings. The van der Waals surface area contributed by atoms with E-state index in [4.69, 9.17) is 50.6 Å². The summed E-state index contributed by atoms with van der Waals surface area (Å²) in [4.78, 5) is 145. The Morgan fingerprint density at radius 3 is 1.14 bits per heavy atom. The van der Waals surface area contributed by atoms with Crippen molar-refractivity contribution in [3.05, 3.63) is 144 Å². The van der Waals surface area contributed by atoms with E-state index in [0.717, 1.165) is 47.9 Å². The molecular formula is C73H103N16NaO13. The van der Waals surface area contributed by atoms with E-state index in [-0.39, 0.29) is 161 Å². The largest absolute Gasteiger partial charge is 1.00 e. The van der Waals surface area contributed by atoms with Crippen LogP contribution in [0, 0.1) is 23.7 Å². The summed E-state index contributed by atoms with van der Waals surface area (Å²) < 4.78 is 4.85. The van der Waals surface area contributed by atoms with Crippen LogP contribution in [0.1, 0.15) is 112 Å². The summed E-state index contributed by atoms with van der Waals surface area (Å²) in [7, 11) is 1.24. The van der Waals surface area contributed by atoms with Gasteiger partial charge in [0.2, 0.25) is 35.4 Å². The van der Waals surface area contributed by atoms with E-state index in [1.54, 1.807) is 0 Å². The van der Waals surface area contributed by atoms with E-state index < -0.39 is 107 Å². The Bertz CT molecular complexity index is 3510. The third-order valence-corrected chi connectivity index (χ3v) is 18.9. The molecular weight excluding hydrogens is 1330 g/mol. The van der Waals surface area contributed by atoms with Crippen LogP contribution in [0.2, 0.25) is 0 Å². The summed E-state index contributed by atoms with van der Waals surface area (Å²) in [6, 6.07) is 31.7. The van der Waals surface area contributed by atoms with Crippen molar-refractivity contribution in [2.24, 2.45) is 79.5 Å². The van der Waals surface area contributed by atoms with Gasteiger partial charge in [0.15, 0.2) is 23.5 Å². The van der Waals surface area contributed by atoms with Crippen LogP contribution in [-0.2, 0) is 78.4 Å². The van der Waals surface area contributed by atoms with Gasteiger partial charge in [0.05, 0.1) is 31.3 Å². The maximum atomic E-state index is 14.0. The smallest absolute Gasteiger partial charge is 0.870 e. The van der Waals surface area contributed by atoms with Gasteiger partial charge in [-0.3, -0.25) is 53.1 Å². The van der Waals surface area contributed by atoms with Gasteiger partial charge < -0.3 is 92.3 Å². The first kappa shape index (κ1) is 85.0. The van der Waals surface area contributed by atoms with E-state index in [1.165, 1.54) is 16.9 Å². The number of aliphatic imine (C=N–C) groups is 2. The zero-order valence-corrected chi connectivity index (χ0v) is 61.1. The minimum atomic E-state index is -1.58. The van der Waals surface area contributed by atoms with Crippen molar-refractivity contribution >= 4 is 70.9 Å². The van der Waals surface area contributed by atoms with Gasteiger partial charge in [-0.2, -0.15) is 0 Å². The molecule has 4 aromatic carbocycles. The van der Waals surface area contributed by atoms with Crippen LogP contribution >= 0.6 is 0 Å². The number of hydrogen-bond donors (Lipinski definition) is 13. The summed E-state index contributed by atoms with van der Waals surface area (Å²) in [5, 5.41) is 21.1. The number of esters is 1. The Labute approximate surface area is 623 Å². The van der Waals surface area contributed by atoms with Crippen LogP contribution in [0.5, 0.6) is 0 Å². The number of nitrogens with zero attached hydrogens (tertiary/aromatic N) is 4. The van der Waals surface area contributed by atoms with Gasteiger partial charge in [0, 0.05) is 63.9 Å². The van der Waals surface area contributed by atoms with Gasteiger partial charge in [-0.25, -0.2) is 4.79 Å². The fourth-order valence-corrected chi connectivity index (χ4v) is 12.6. The number of aliphatic carboxylic acids is 1. The zero-order chi connectivity index (χ0) is 73.2. The monoisotopic (exact) mass is 1430 g/mol. The number of guanidine groups is 2. The zero-order valence-electron chi connectivity index (χ0n) is 59.1. The van der Waals surface area contributed by atoms with Gasteiger partial charge in [-0.1, -0.05) is 147 Å². The van der Waals surface area contributed by atoms with Crippen LogP contribution in [-0.4, -0.2) is 185 Å². The van der Waals surface area contributed by atoms with E-state index >= 15 is 0 Å². The molecule has 2 unspecified atom stereocenters. The number of hydrogen-bond acceptors (Lipinski definition) is 18. The molecule has 30 heteroatoms. The number of carboxylic acids is 1. The number of ether oxygens (including phenoxy) is 1. The van der Waals surface area contributed by atoms with Gasteiger partial charge in [-0.15, -0.1) is 0 Å². The molecule has 22 N–H and O–H groups in total. The second-order valence-electron chi connectivity index (χ2n) is 27.3. The van der Waals surface area contributed by atoms with Crippen molar-refractivity contribution in [2.75, 3.05) is 46.4 Å². The number of methoxy groups -OCH3 is 1. The van der Waals surface area contributed by atoms with Gasteiger partial charge in [0.1, 0.15) is 23.2 Å². The molecule has 6 amide bonds. The topological polar surface area (TPSA) is 518 Å². The number of likely N-dealkylation sites (tertiary alicyclic amines) is 2. The average Bonchev–Trinajstić information content (AvgIpc) is 1.82. The van der Waals surface area contributed by atoms with E-state index in [2.05, 4.69) is 31.3 Å². The Hall–Kier alpha value is -8.68. The van der Waals surface area contributed by atoms with E-state index in [1.807, 2.05) is 121 Å². The minimum Gasteiger partial charge on any atom is -0.870 e. The molecule has 0 radical (unpaired) electrons. The molecule has 10 atom stereocenters. The Kier molecular flexibility index (Phi) is 34.3. The molecule has 2 aliphatic carbocycles. The first-order chi connectivity index (χ1) is 48.2. The Morgan fingerprint density at radius 2 is 0.825 bits per heavy atom. The van der Waals surface area contributed by atoms with Crippen LogP contribution in [0.3, 0.4) is 0 Å². The van der Waals surface area contributed by atoms with Crippen molar-refractivity contribution < 1.29 is 92.8 Å². The molecule has 4 aromatic rings. The normalized spacial score (nSPS) is 19.0. The summed E-state index contributed by atoms with van der Waals surface area (Å²) in [6.45, 7) is 0.535. The average molecular weight is 1440 g/mol. The molecule has 2 saturated carbocycles. The van der Waals surface area contributed by atoms with Crippen LogP contribution in [0.15, 0.2) is 131 Å². The first-order valence-electron chi connectivity index (χ1n) is 34.7. The quantitative estimate of drug-likeness (QED) is 0.00716. The second-order valence-corrected chi connectivity index (χ2v) is 27.3. The van der Waals surface area contributed by atoms with Crippen LogP contribution < -0.4 is 96.7 Å². The molecule has 4 aliphatic rings. The number of nitrogens with one attached hydrogen (secondary N) is 4. The third kappa shape index (κ3) is 27.8. The summed E-state index contributed by atoms with van der Waals surface area (Å²) in [5.74, 6) is -6.30. The summed E-state index contributed by atoms with van der Waals surface area (Å²) in [6.07, 6.45) is 6.80. The number of benzene rings is 4. The first-order valence-corrected chi connectivity index (χ1v) is 34.7. The minimum absolute atomic E-state index is 0. The van der Waals surface area contributed by atoms with Crippen molar-refractivity contribution in [3.63, 3.8) is 0 Å². The molecule has 8 rings (SSSR count). The van der Waals surface area contributed by atoms with E-state index in [9.17, 15) is 53.1 Å². The second kappa shape index (κ2) is 41.6. The number of nitrogens with two attached hydrogens (primary N) is 8. The molecule has 2 heterocycles. The number of carbonyl (C=O) groups excluding carboxylic acids is 9. The Balaban J connectivity index is 0.000000364. The molecule has 0 spiro atoms. The van der Waals surface area contributed by atoms with Crippen LogP contribution in [0.25, 0.3) is 0 Å². The fraction of sp³-hybridized carbons (Fsp3) is 0.507. The maximum absolute atomic E-state index is 14.0. The molecule has 2 aliphatic heterocycles. The number of rotatable bonds is 38. The number of carboxylic acid groups (broad SMARTS) is 1. The standard InChI is InChI=1S/C37H52N8O6.C36H50N8O6.Na.H2O/c1-51-35(50)37(41)16-18-45(23-37)34(49)29(13-8-17-42-36(39)40)43-32(47)27(19-26-14-15-26)22-31(46)30(21-25-11-6-3-7-12-25)44-33(48)28(38)20-24-9-4-2-5-10-24;37-27(19-23-8-3-1-4-9-23)32(47)43-29(20-24-10-5-2-6-11-24)30(45)21-26(18-25-13-14-25)31(46)42-28(12-7-16-41-35(38)39)33(48)44-17-15-36(40,22-44)34(49)50;;/h2-7,9-12,26-30H,8,13-23,38,41H2,1H3,(H,43,47)(H,44,48)(H4,39,40,42);1-6,8-11,25-29H,7,12-22,37,40H2,(H,42,46)(H,43,47)(H,49,50)(H4,38,39,41);;1H2/q;;+1;/p-1/t27-,28+,29+,30+,37?;26-,27+,28+,29+,36?;;/m00../s1. The number of amides is 6. The van der Waals surface area contributed by atoms with Gasteiger partial charge in [0.25, 0.3) is 0 Å². The van der Waals surface area contributed by atoms with Gasteiger partial charge >= 0.3 is 41.5 Å². The SMILES string of the molecule is COC(=O)C1(N)CCN(C(=O)[C@@H](CCCN=C(N)N)NC(=O)[C@H](CC(=O)[C@@H](Cc2ccccc2)NC(=O)[C@H](N)Cc2ccccc2)CC2CC2)C1.NC(N)=NCCC[C@@H](NC(=O)[C@H](CC(=O)[C@@H](Cc1ccccc1)NC(=O)[C@H](N)Cc1ccccc1)CC1CC1)C(=O)N1CCC(N)(C(=O)O)C1.[Na+].[OH-]. The number of Topliss-reactive ketones (excluding diaryl/α,β-unsaturated/α-hetero) is 2. The summed E-state index contributed by atoms with van der Waals surface area (Å²) in [5.41, 5.74) is 47.2. The van der Waals surface area contributed by atoms with Crippen molar-refractivity contribution in [2.45, 2.75) is 163 Å². The molecule has 103 heavy (non-hydrogen) atoms. The fourth-order valence-electron chi connectivity index (χ4n) is 12.6. The third-order valence-electron chi connectivity index (χ3n) is 18.9. The number of ketones is 2. The van der Waals surface area contributed by atoms with Gasteiger partial charge in [-0.05, 0) is 111 Å². The van der Waals surface area contributed by atoms with Crippen molar-refractivity contribution in [3.8, 4) is 0 Å². The van der Waals surface area contributed by atoms with Crippen molar-refractivity contribution in [1.82, 2.24) is 31.1 Å². The summed E-state index contributed by atoms with van der Waals surface area (Å²) >= 11 is 0. The van der Waals surface area contributed by atoms with E-state index in [0.29, 0.717) is 38.5 Å².